The molecule has 0 saturated carbocycles. The number of aromatic amines is 2. The summed E-state index contributed by atoms with van der Waals surface area (Å²) in [6.45, 7) is 14.5. The standard InChI is InChI=1S/C44H55N7O6/c1-24(2)38(46-23-55-8)42(52)50-19-25(3)13-35(50)41-47-33-12-10-27-16-32-30-11-9-28(15-29(30)22-56-37(32)17-31(27)39(33)49-41)34-18-45-40(48-34)36-14-26(21-54-7)20-51(36)43(53)57-44(4,5)6/h9-12,15-18,24-26,35-36,38,46H,13-14,19-23H2,1-8H3,(H,45,48)(H,47,49)/t25-,26-,35-,36-,38-/m0/s1. The fraction of sp³-hybridized carbons (Fsp3) is 0.500. The van der Waals surface area contributed by atoms with Gasteiger partial charge in [-0.25, -0.2) is 14.8 Å². The van der Waals surface area contributed by atoms with Crippen LogP contribution in [0.2, 0.25) is 0 Å². The van der Waals surface area contributed by atoms with E-state index in [0.29, 0.717) is 39.0 Å². The highest BCUT2D eigenvalue weighted by molar-refractivity contribution is 6.07. The summed E-state index contributed by atoms with van der Waals surface area (Å²) in [4.78, 5) is 47.9. The lowest BCUT2D eigenvalue weighted by molar-refractivity contribution is -0.136. The number of imidazole rings is 2. The van der Waals surface area contributed by atoms with Gasteiger partial charge in [0.15, 0.2) is 0 Å². The first-order valence-electron chi connectivity index (χ1n) is 20.1. The van der Waals surface area contributed by atoms with Crippen molar-refractivity contribution >= 4 is 33.8 Å². The number of likely N-dealkylation sites (tertiary alicyclic amines) is 2. The minimum Gasteiger partial charge on any atom is -0.488 e. The predicted molar refractivity (Wildman–Crippen MR) is 218 cm³/mol. The fourth-order valence-corrected chi connectivity index (χ4v) is 8.85. The highest BCUT2D eigenvalue weighted by Gasteiger charge is 2.41. The van der Waals surface area contributed by atoms with Gasteiger partial charge in [-0.2, -0.15) is 0 Å². The second kappa shape index (κ2) is 15.4. The van der Waals surface area contributed by atoms with E-state index < -0.39 is 5.60 Å². The molecule has 5 heterocycles. The second-order valence-electron chi connectivity index (χ2n) is 17.4. The Bertz CT molecular complexity index is 2290. The van der Waals surface area contributed by atoms with Crippen LogP contribution in [0.25, 0.3) is 44.2 Å². The molecule has 0 radical (unpaired) electrons. The van der Waals surface area contributed by atoms with Crippen LogP contribution in [-0.4, -0.2) is 94.0 Å². The summed E-state index contributed by atoms with van der Waals surface area (Å²) in [5.74, 6) is 3.08. The number of benzene rings is 3. The summed E-state index contributed by atoms with van der Waals surface area (Å²) in [7, 11) is 3.31. The molecule has 3 aliphatic rings. The molecule has 13 heteroatoms. The van der Waals surface area contributed by atoms with E-state index in [-0.39, 0.29) is 42.0 Å². The Balaban J connectivity index is 1.05. The van der Waals surface area contributed by atoms with Crippen LogP contribution in [0.15, 0.2) is 48.7 Å². The maximum Gasteiger partial charge on any atom is 0.410 e. The lowest BCUT2D eigenvalue weighted by Gasteiger charge is -2.30. The zero-order chi connectivity index (χ0) is 40.2. The highest BCUT2D eigenvalue weighted by atomic mass is 16.6. The van der Waals surface area contributed by atoms with E-state index >= 15 is 0 Å². The van der Waals surface area contributed by atoms with Crippen molar-refractivity contribution in [2.45, 2.75) is 84.7 Å². The molecule has 0 unspecified atom stereocenters. The smallest absolute Gasteiger partial charge is 0.410 e. The van der Waals surface area contributed by atoms with E-state index in [4.69, 9.17) is 28.9 Å². The molecule has 2 fully saturated rings. The molecule has 0 spiro atoms. The van der Waals surface area contributed by atoms with Crippen LogP contribution < -0.4 is 10.1 Å². The van der Waals surface area contributed by atoms with Crippen molar-refractivity contribution in [3.8, 4) is 28.1 Å². The number of carbonyl (C=O) groups is 2. The Morgan fingerprint density at radius 2 is 1.77 bits per heavy atom. The van der Waals surface area contributed by atoms with Crippen LogP contribution in [0, 0.1) is 17.8 Å². The lowest BCUT2D eigenvalue weighted by Crippen LogP contribution is -2.49. The highest BCUT2D eigenvalue weighted by Crippen LogP contribution is 2.44. The predicted octanol–water partition coefficient (Wildman–Crippen LogP) is 7.74. The zero-order valence-electron chi connectivity index (χ0n) is 34.3. The Morgan fingerprint density at radius 1 is 0.965 bits per heavy atom. The van der Waals surface area contributed by atoms with Gasteiger partial charge in [-0.1, -0.05) is 39.0 Å². The van der Waals surface area contributed by atoms with Gasteiger partial charge in [-0.3, -0.25) is 15.0 Å². The molecule has 8 rings (SSSR count). The van der Waals surface area contributed by atoms with E-state index in [2.05, 4.69) is 78.5 Å². The molecule has 302 valence electrons. The van der Waals surface area contributed by atoms with Crippen molar-refractivity contribution < 1.29 is 28.5 Å². The Kier molecular flexibility index (Phi) is 10.5. The molecule has 3 aliphatic heterocycles. The fourth-order valence-electron chi connectivity index (χ4n) is 8.85. The molecule has 57 heavy (non-hydrogen) atoms. The maximum absolute atomic E-state index is 13.9. The molecule has 0 bridgehead atoms. The third kappa shape index (κ3) is 7.60. The molecular formula is C44H55N7O6. The number of nitrogens with zero attached hydrogens (tertiary/aromatic N) is 4. The van der Waals surface area contributed by atoms with Gasteiger partial charge in [0.25, 0.3) is 0 Å². The van der Waals surface area contributed by atoms with Gasteiger partial charge in [0.1, 0.15) is 29.6 Å². The second-order valence-corrected chi connectivity index (χ2v) is 17.4. The van der Waals surface area contributed by atoms with Crippen LogP contribution in [-0.2, 0) is 25.6 Å². The van der Waals surface area contributed by atoms with Crippen molar-refractivity contribution in [2.24, 2.45) is 17.8 Å². The molecule has 13 nitrogen and oxygen atoms in total. The van der Waals surface area contributed by atoms with Crippen molar-refractivity contribution in [1.82, 2.24) is 35.1 Å². The van der Waals surface area contributed by atoms with Crippen LogP contribution >= 0.6 is 0 Å². The molecule has 2 amide bonds. The minimum atomic E-state index is -0.598. The van der Waals surface area contributed by atoms with Gasteiger partial charge in [0, 0.05) is 44.2 Å². The first-order valence-corrected chi connectivity index (χ1v) is 20.1. The monoisotopic (exact) mass is 777 g/mol. The lowest BCUT2D eigenvalue weighted by atomic mass is 9.92. The average Bonchev–Trinajstić information content (AvgIpc) is 3.98. The quantitative estimate of drug-likeness (QED) is 0.121. The number of methoxy groups -OCH3 is 2. The first kappa shape index (κ1) is 38.9. The first-order chi connectivity index (χ1) is 27.3. The van der Waals surface area contributed by atoms with Crippen molar-refractivity contribution in [1.29, 1.82) is 0 Å². The third-order valence-electron chi connectivity index (χ3n) is 11.5. The van der Waals surface area contributed by atoms with Gasteiger partial charge in [0.05, 0.1) is 54.4 Å². The summed E-state index contributed by atoms with van der Waals surface area (Å²) in [6, 6.07) is 14.2. The number of carbonyl (C=O) groups excluding carboxylic acids is 2. The minimum absolute atomic E-state index is 0.0775. The average molecular weight is 778 g/mol. The van der Waals surface area contributed by atoms with Gasteiger partial charge in [-0.15, -0.1) is 0 Å². The van der Waals surface area contributed by atoms with Crippen LogP contribution in [0.5, 0.6) is 5.75 Å². The topological polar surface area (TPSA) is 147 Å². The molecule has 3 N–H and O–H groups in total. The number of amides is 2. The van der Waals surface area contributed by atoms with E-state index in [1.54, 1.807) is 19.1 Å². The SMILES string of the molecule is COCN[C@H](C(=O)N1C[C@@H](C)C[C@H]1c1nc2c(ccc3cc4c(cc32)OCc2cc(-c3cnc([C@@H]5C[C@H](COC)CN5C(=O)OC(C)(C)C)[nH]3)ccc2-4)[nH]1)C(C)C. The summed E-state index contributed by atoms with van der Waals surface area (Å²) in [5.41, 5.74) is 6.30. The maximum atomic E-state index is 13.9. The van der Waals surface area contributed by atoms with E-state index in [9.17, 15) is 9.59 Å². The number of hydrogen-bond donors (Lipinski definition) is 3. The molecular weight excluding hydrogens is 723 g/mol. The van der Waals surface area contributed by atoms with Crippen LogP contribution in [0.3, 0.4) is 0 Å². The molecule has 5 aromatic rings. The van der Waals surface area contributed by atoms with Gasteiger partial charge >= 0.3 is 6.09 Å². The zero-order valence-corrected chi connectivity index (χ0v) is 34.3. The third-order valence-corrected chi connectivity index (χ3v) is 11.5. The number of aromatic nitrogens is 4. The van der Waals surface area contributed by atoms with E-state index in [1.165, 1.54) is 0 Å². The number of rotatable bonds is 10. The van der Waals surface area contributed by atoms with Gasteiger partial charge in [0.2, 0.25) is 5.91 Å². The van der Waals surface area contributed by atoms with Gasteiger partial charge in [-0.05, 0) is 91.8 Å². The number of nitrogens with one attached hydrogen (secondary N) is 3. The molecule has 5 atom stereocenters. The number of fused-ring (bicyclic) bond motifs is 6. The molecule has 2 aromatic heterocycles. The summed E-state index contributed by atoms with van der Waals surface area (Å²) < 4.78 is 22.9. The molecule has 2 saturated heterocycles. The van der Waals surface area contributed by atoms with Crippen LogP contribution in [0.4, 0.5) is 4.79 Å². The summed E-state index contributed by atoms with van der Waals surface area (Å²) >= 11 is 0. The van der Waals surface area contributed by atoms with E-state index in [1.807, 2.05) is 31.9 Å². The van der Waals surface area contributed by atoms with Crippen molar-refractivity contribution in [2.75, 3.05) is 40.6 Å². The summed E-state index contributed by atoms with van der Waals surface area (Å²) in [6.07, 6.45) is 3.07. The summed E-state index contributed by atoms with van der Waals surface area (Å²) in [5, 5.41) is 5.34. The molecule has 3 aromatic carbocycles. The van der Waals surface area contributed by atoms with Crippen LogP contribution in [0.1, 0.15) is 83.7 Å². The number of hydrogen-bond acceptors (Lipinski definition) is 9. The van der Waals surface area contributed by atoms with Gasteiger partial charge < -0.3 is 33.8 Å². The van der Waals surface area contributed by atoms with Crippen molar-refractivity contribution in [3.63, 3.8) is 0 Å². The Labute approximate surface area is 333 Å². The normalized spacial score (nSPS) is 21.3. The number of H-pyrrole nitrogens is 2. The van der Waals surface area contributed by atoms with E-state index in [0.717, 1.165) is 80.0 Å². The Morgan fingerprint density at radius 3 is 2.53 bits per heavy atom. The largest absolute Gasteiger partial charge is 0.488 e. The number of ether oxygens (including phenoxy) is 4. The van der Waals surface area contributed by atoms with Crippen molar-refractivity contribution in [3.05, 3.63) is 65.9 Å². The molecule has 0 aliphatic carbocycles. The Hall–Kier alpha value is -4.98.